The maximum atomic E-state index is 14.2. The van der Waals surface area contributed by atoms with E-state index in [4.69, 9.17) is 5.11 Å². The van der Waals surface area contributed by atoms with Crippen LogP contribution < -0.4 is 10.2 Å². The number of aliphatic hydroxyl groups excluding tert-OH is 1. The van der Waals surface area contributed by atoms with Gasteiger partial charge in [-0.15, -0.1) is 0 Å². The topological polar surface area (TPSA) is 35.5 Å². The minimum absolute atomic E-state index is 0.0704. The molecule has 0 amide bonds. The Balaban J connectivity index is 1.69. The molecule has 1 aromatic carbocycles. The molecule has 104 valence electrons. The fourth-order valence-electron chi connectivity index (χ4n) is 2.44. The molecular weight excluding hydrogens is 243 g/mol. The summed E-state index contributed by atoms with van der Waals surface area (Å²) in [7, 11) is 0. The van der Waals surface area contributed by atoms with Gasteiger partial charge in [-0.3, -0.25) is 0 Å². The third kappa shape index (κ3) is 3.25. The lowest BCUT2D eigenvalue weighted by molar-refractivity contribution is 0.301. The minimum atomic E-state index is -0.171. The molecule has 2 aliphatic rings. The van der Waals surface area contributed by atoms with Crippen LogP contribution in [0.25, 0.3) is 0 Å². The molecule has 2 saturated carbocycles. The van der Waals surface area contributed by atoms with Gasteiger partial charge in [0, 0.05) is 25.2 Å². The van der Waals surface area contributed by atoms with Crippen molar-refractivity contribution in [1.82, 2.24) is 5.32 Å². The van der Waals surface area contributed by atoms with E-state index in [9.17, 15) is 4.39 Å². The van der Waals surface area contributed by atoms with Crippen molar-refractivity contribution in [3.8, 4) is 0 Å². The van der Waals surface area contributed by atoms with E-state index in [1.165, 1.54) is 12.8 Å². The van der Waals surface area contributed by atoms with Gasteiger partial charge in [-0.1, -0.05) is 6.07 Å². The Morgan fingerprint density at radius 2 is 2.05 bits per heavy atom. The zero-order valence-corrected chi connectivity index (χ0v) is 11.1. The van der Waals surface area contributed by atoms with Crippen molar-refractivity contribution in [3.05, 3.63) is 29.6 Å². The molecule has 0 unspecified atom stereocenters. The van der Waals surface area contributed by atoms with E-state index >= 15 is 0 Å². The summed E-state index contributed by atoms with van der Waals surface area (Å²) in [6.07, 6.45) is 4.69. The summed E-state index contributed by atoms with van der Waals surface area (Å²) in [4.78, 5) is 1.99. The molecule has 3 rings (SSSR count). The number of rotatable bonds is 7. The first-order valence-electron chi connectivity index (χ1n) is 7.17. The molecule has 0 radical (unpaired) electrons. The molecule has 2 aliphatic carbocycles. The van der Waals surface area contributed by atoms with Gasteiger partial charge < -0.3 is 15.3 Å². The van der Waals surface area contributed by atoms with Crippen LogP contribution in [0.1, 0.15) is 31.2 Å². The predicted octanol–water partition coefficient (Wildman–Crippen LogP) is 2.04. The van der Waals surface area contributed by atoms with Crippen LogP contribution in [0.4, 0.5) is 10.1 Å². The minimum Gasteiger partial charge on any atom is -0.395 e. The Morgan fingerprint density at radius 3 is 2.63 bits per heavy atom. The smallest absolute Gasteiger partial charge is 0.146 e. The highest BCUT2D eigenvalue weighted by molar-refractivity contribution is 5.51. The van der Waals surface area contributed by atoms with Crippen molar-refractivity contribution < 1.29 is 9.50 Å². The van der Waals surface area contributed by atoms with E-state index in [0.29, 0.717) is 24.3 Å². The molecule has 3 nitrogen and oxygen atoms in total. The van der Waals surface area contributed by atoms with Gasteiger partial charge in [0.05, 0.1) is 12.3 Å². The standard InChI is InChI=1S/C15H21FN2O/c16-14-9-11(10-17-12-2-3-12)1-6-15(14)18(7-8-19)13-4-5-13/h1,6,9,12-13,17,19H,2-5,7-8,10H2. The first-order chi connectivity index (χ1) is 9.28. The molecule has 2 fully saturated rings. The van der Waals surface area contributed by atoms with E-state index in [1.807, 2.05) is 17.0 Å². The number of nitrogens with one attached hydrogen (secondary N) is 1. The second-order valence-electron chi connectivity index (χ2n) is 5.59. The monoisotopic (exact) mass is 264 g/mol. The zero-order chi connectivity index (χ0) is 13.2. The average Bonchev–Trinajstić information content (AvgIpc) is 3.28. The summed E-state index contributed by atoms with van der Waals surface area (Å²) in [6.45, 7) is 1.33. The quantitative estimate of drug-likeness (QED) is 0.791. The molecule has 4 heteroatoms. The molecule has 0 spiro atoms. The number of benzene rings is 1. The highest BCUT2D eigenvalue weighted by atomic mass is 19.1. The van der Waals surface area contributed by atoms with Gasteiger partial charge in [0.1, 0.15) is 5.82 Å². The fourth-order valence-corrected chi connectivity index (χ4v) is 2.44. The summed E-state index contributed by atoms with van der Waals surface area (Å²) < 4.78 is 14.2. The highest BCUT2D eigenvalue weighted by Gasteiger charge is 2.30. The number of anilines is 1. The molecule has 0 saturated heterocycles. The number of aliphatic hydroxyl groups is 1. The molecule has 19 heavy (non-hydrogen) atoms. The molecule has 0 aliphatic heterocycles. The second-order valence-corrected chi connectivity index (χ2v) is 5.59. The Kier molecular flexibility index (Phi) is 3.71. The van der Waals surface area contributed by atoms with Gasteiger partial charge in [-0.2, -0.15) is 0 Å². The third-order valence-electron chi connectivity index (χ3n) is 3.82. The fraction of sp³-hybridized carbons (Fsp3) is 0.600. The van der Waals surface area contributed by atoms with Gasteiger partial charge in [0.25, 0.3) is 0 Å². The maximum absolute atomic E-state index is 14.2. The van der Waals surface area contributed by atoms with E-state index < -0.39 is 0 Å². The largest absolute Gasteiger partial charge is 0.395 e. The van der Waals surface area contributed by atoms with E-state index in [0.717, 1.165) is 24.9 Å². The zero-order valence-electron chi connectivity index (χ0n) is 11.1. The van der Waals surface area contributed by atoms with Crippen molar-refractivity contribution in [2.75, 3.05) is 18.1 Å². The van der Waals surface area contributed by atoms with Gasteiger partial charge in [0.15, 0.2) is 0 Å². The summed E-state index contributed by atoms with van der Waals surface area (Å²) in [5.74, 6) is -0.171. The van der Waals surface area contributed by atoms with Crippen LogP contribution in [0.5, 0.6) is 0 Å². The average molecular weight is 264 g/mol. The Labute approximate surface area is 113 Å². The number of hydrogen-bond acceptors (Lipinski definition) is 3. The van der Waals surface area contributed by atoms with Crippen LogP contribution in [0.15, 0.2) is 18.2 Å². The maximum Gasteiger partial charge on any atom is 0.146 e. The molecule has 0 atom stereocenters. The molecule has 0 bridgehead atoms. The number of nitrogens with zero attached hydrogens (tertiary/aromatic N) is 1. The van der Waals surface area contributed by atoms with Crippen molar-refractivity contribution in [2.24, 2.45) is 0 Å². The van der Waals surface area contributed by atoms with Gasteiger partial charge in [-0.05, 0) is 43.4 Å². The first-order valence-corrected chi connectivity index (χ1v) is 7.17. The Bertz CT molecular complexity index is 444. The van der Waals surface area contributed by atoms with E-state index in [-0.39, 0.29) is 12.4 Å². The predicted molar refractivity (Wildman–Crippen MR) is 73.7 cm³/mol. The number of hydrogen-bond donors (Lipinski definition) is 2. The van der Waals surface area contributed by atoms with Gasteiger partial charge >= 0.3 is 0 Å². The Morgan fingerprint density at radius 1 is 1.26 bits per heavy atom. The van der Waals surface area contributed by atoms with Crippen molar-refractivity contribution >= 4 is 5.69 Å². The van der Waals surface area contributed by atoms with Crippen LogP contribution >= 0.6 is 0 Å². The summed E-state index contributed by atoms with van der Waals surface area (Å²) in [5, 5.41) is 12.5. The summed E-state index contributed by atoms with van der Waals surface area (Å²) in [6, 6.07) is 6.52. The van der Waals surface area contributed by atoms with Gasteiger partial charge in [-0.25, -0.2) is 4.39 Å². The van der Waals surface area contributed by atoms with Crippen LogP contribution in [0.3, 0.4) is 0 Å². The lowest BCUT2D eigenvalue weighted by Gasteiger charge is -2.24. The Hall–Kier alpha value is -1.13. The summed E-state index contributed by atoms with van der Waals surface area (Å²) in [5.41, 5.74) is 1.62. The van der Waals surface area contributed by atoms with Gasteiger partial charge in [0.2, 0.25) is 0 Å². The lowest BCUT2D eigenvalue weighted by Crippen LogP contribution is -2.29. The van der Waals surface area contributed by atoms with Crippen molar-refractivity contribution in [3.63, 3.8) is 0 Å². The van der Waals surface area contributed by atoms with E-state index in [2.05, 4.69) is 5.32 Å². The highest BCUT2D eigenvalue weighted by Crippen LogP contribution is 2.33. The molecule has 1 aromatic rings. The summed E-state index contributed by atoms with van der Waals surface area (Å²) >= 11 is 0. The first kappa shape index (κ1) is 12.9. The molecular formula is C15H21FN2O. The lowest BCUT2D eigenvalue weighted by atomic mass is 10.1. The molecule has 0 heterocycles. The van der Waals surface area contributed by atoms with Crippen molar-refractivity contribution in [1.29, 1.82) is 0 Å². The van der Waals surface area contributed by atoms with E-state index in [1.54, 1.807) is 6.07 Å². The normalized spacial score (nSPS) is 18.6. The SMILES string of the molecule is OCCN(c1ccc(CNC2CC2)cc1F)C1CC1. The van der Waals surface area contributed by atoms with Crippen LogP contribution in [-0.2, 0) is 6.54 Å². The molecule has 2 N–H and O–H groups in total. The van der Waals surface area contributed by atoms with Crippen LogP contribution in [0.2, 0.25) is 0 Å². The second kappa shape index (κ2) is 5.47. The van der Waals surface area contributed by atoms with Crippen LogP contribution in [-0.4, -0.2) is 30.3 Å². The van der Waals surface area contributed by atoms with Crippen molar-refractivity contribution in [2.45, 2.75) is 44.3 Å². The van der Waals surface area contributed by atoms with Crippen LogP contribution in [0, 0.1) is 5.82 Å². The molecule has 0 aromatic heterocycles. The third-order valence-corrected chi connectivity index (χ3v) is 3.82. The number of halogens is 1.